The van der Waals surface area contributed by atoms with Gasteiger partial charge in [0.1, 0.15) is 18.5 Å². The van der Waals surface area contributed by atoms with Crippen molar-refractivity contribution in [3.63, 3.8) is 0 Å². The summed E-state index contributed by atoms with van der Waals surface area (Å²) in [6, 6.07) is 7.60. The van der Waals surface area contributed by atoms with Crippen LogP contribution in [0.5, 0.6) is 5.75 Å². The number of β-amino-alcohol motifs (C(OH)–C–C–N with tert-alkyl or cyclic N) is 1. The van der Waals surface area contributed by atoms with Gasteiger partial charge in [-0.15, -0.1) is 0 Å². The van der Waals surface area contributed by atoms with Gasteiger partial charge in [-0.3, -0.25) is 0 Å². The highest BCUT2D eigenvalue weighted by molar-refractivity contribution is 6.00. The maximum absolute atomic E-state index is 9.82. The number of hydrogen-bond donors (Lipinski definition) is 2. The first-order valence-corrected chi connectivity index (χ1v) is 7.06. The average Bonchev–Trinajstić information content (AvgIpc) is 2.44. The fourth-order valence-electron chi connectivity index (χ4n) is 1.70. The van der Waals surface area contributed by atoms with Gasteiger partial charge in [0.25, 0.3) is 0 Å². The highest BCUT2D eigenvalue weighted by atomic mass is 16.6. The van der Waals surface area contributed by atoms with Crippen LogP contribution in [0.3, 0.4) is 0 Å². The highest BCUT2D eigenvalue weighted by Gasteiger charge is 2.12. The van der Waals surface area contributed by atoms with Crippen molar-refractivity contribution in [2.24, 2.45) is 5.16 Å². The maximum atomic E-state index is 9.82. The Kier molecular flexibility index (Phi) is 6.65. The largest absolute Gasteiger partial charge is 0.496 e. The molecule has 0 saturated carbocycles. The standard InChI is InChI=1S/C16H26N2O3/c1-12(14-8-6-7-9-15(14)20-5)18-21-11-13(19)10-17-16(2,3)4/h6-9,13,17,19H,10-11H2,1-5H3/b18-12+. The van der Waals surface area contributed by atoms with E-state index in [-0.39, 0.29) is 12.1 Å². The van der Waals surface area contributed by atoms with E-state index in [0.29, 0.717) is 12.3 Å². The van der Waals surface area contributed by atoms with Gasteiger partial charge in [-0.25, -0.2) is 0 Å². The van der Waals surface area contributed by atoms with Gasteiger partial charge < -0.3 is 20.0 Å². The Balaban J connectivity index is 2.49. The quantitative estimate of drug-likeness (QED) is 0.598. The van der Waals surface area contributed by atoms with E-state index in [0.717, 1.165) is 11.3 Å². The second-order valence-corrected chi connectivity index (χ2v) is 5.96. The number of hydrogen-bond acceptors (Lipinski definition) is 5. The summed E-state index contributed by atoms with van der Waals surface area (Å²) in [5, 5.41) is 17.1. The molecule has 118 valence electrons. The van der Waals surface area contributed by atoms with Crippen LogP contribution >= 0.6 is 0 Å². The van der Waals surface area contributed by atoms with Crippen molar-refractivity contribution in [2.75, 3.05) is 20.3 Å². The molecule has 0 saturated heterocycles. The molecule has 0 aliphatic heterocycles. The molecule has 1 atom stereocenters. The summed E-state index contributed by atoms with van der Waals surface area (Å²) in [4.78, 5) is 5.22. The number of oxime groups is 1. The zero-order valence-corrected chi connectivity index (χ0v) is 13.5. The fraction of sp³-hybridized carbons (Fsp3) is 0.562. The molecule has 0 spiro atoms. The number of benzene rings is 1. The van der Waals surface area contributed by atoms with Crippen LogP contribution in [0, 0.1) is 0 Å². The zero-order chi connectivity index (χ0) is 15.9. The molecule has 1 aromatic carbocycles. The van der Waals surface area contributed by atoms with E-state index in [4.69, 9.17) is 9.57 Å². The Morgan fingerprint density at radius 1 is 1.33 bits per heavy atom. The molecule has 2 N–H and O–H groups in total. The topological polar surface area (TPSA) is 63.1 Å². The summed E-state index contributed by atoms with van der Waals surface area (Å²) in [5.41, 5.74) is 1.56. The van der Waals surface area contributed by atoms with Crippen LogP contribution in [-0.2, 0) is 4.84 Å². The van der Waals surface area contributed by atoms with Crippen LogP contribution in [-0.4, -0.2) is 42.7 Å². The minimum absolute atomic E-state index is 0.0302. The molecule has 1 aromatic rings. The Hall–Kier alpha value is -1.59. The molecule has 0 aliphatic carbocycles. The van der Waals surface area contributed by atoms with Crippen LogP contribution < -0.4 is 10.1 Å². The molecule has 0 aromatic heterocycles. The third kappa shape index (κ3) is 6.60. The Morgan fingerprint density at radius 2 is 2.00 bits per heavy atom. The average molecular weight is 294 g/mol. The first-order chi connectivity index (χ1) is 9.83. The van der Waals surface area contributed by atoms with Gasteiger partial charge >= 0.3 is 0 Å². The first-order valence-electron chi connectivity index (χ1n) is 7.06. The molecular formula is C16H26N2O3. The van der Waals surface area contributed by atoms with E-state index in [9.17, 15) is 5.11 Å². The van der Waals surface area contributed by atoms with Gasteiger partial charge in [0.05, 0.1) is 12.8 Å². The van der Waals surface area contributed by atoms with Gasteiger partial charge in [0.2, 0.25) is 0 Å². The molecule has 0 amide bonds. The minimum atomic E-state index is -0.599. The lowest BCUT2D eigenvalue weighted by Crippen LogP contribution is -2.42. The van der Waals surface area contributed by atoms with Crippen LogP contribution in [0.25, 0.3) is 0 Å². The van der Waals surface area contributed by atoms with E-state index in [1.54, 1.807) is 7.11 Å². The van der Waals surface area contributed by atoms with Crippen LogP contribution in [0.1, 0.15) is 33.3 Å². The lowest BCUT2D eigenvalue weighted by atomic mass is 10.1. The van der Waals surface area contributed by atoms with Crippen molar-refractivity contribution in [2.45, 2.75) is 39.3 Å². The number of para-hydroxylation sites is 1. The lowest BCUT2D eigenvalue weighted by molar-refractivity contribution is 0.0372. The van der Waals surface area contributed by atoms with Crippen LogP contribution in [0.2, 0.25) is 0 Å². The van der Waals surface area contributed by atoms with Crippen LogP contribution in [0.15, 0.2) is 29.4 Å². The lowest BCUT2D eigenvalue weighted by Gasteiger charge is -2.22. The number of rotatable bonds is 7. The third-order valence-corrected chi connectivity index (χ3v) is 2.83. The van der Waals surface area contributed by atoms with E-state index >= 15 is 0 Å². The number of aliphatic hydroxyl groups is 1. The molecule has 0 radical (unpaired) electrons. The summed E-state index contributed by atoms with van der Waals surface area (Å²) >= 11 is 0. The predicted molar refractivity (Wildman–Crippen MR) is 84.9 cm³/mol. The summed E-state index contributed by atoms with van der Waals surface area (Å²) in [7, 11) is 1.62. The molecule has 0 bridgehead atoms. The van der Waals surface area contributed by atoms with E-state index in [2.05, 4.69) is 10.5 Å². The van der Waals surface area contributed by atoms with Crippen molar-refractivity contribution in [3.05, 3.63) is 29.8 Å². The first kappa shape index (κ1) is 17.5. The summed E-state index contributed by atoms with van der Waals surface area (Å²) < 4.78 is 5.27. The highest BCUT2D eigenvalue weighted by Crippen LogP contribution is 2.18. The normalized spacial score (nSPS) is 13.9. The fourth-order valence-corrected chi connectivity index (χ4v) is 1.70. The van der Waals surface area contributed by atoms with Crippen molar-refractivity contribution in [1.29, 1.82) is 0 Å². The van der Waals surface area contributed by atoms with Crippen molar-refractivity contribution >= 4 is 5.71 Å². The summed E-state index contributed by atoms with van der Waals surface area (Å²) in [6.45, 7) is 8.60. The Labute approximate surface area is 127 Å². The summed E-state index contributed by atoms with van der Waals surface area (Å²) in [6.07, 6.45) is -0.599. The Morgan fingerprint density at radius 3 is 2.62 bits per heavy atom. The molecule has 1 unspecified atom stereocenters. The number of nitrogens with zero attached hydrogens (tertiary/aromatic N) is 1. The monoisotopic (exact) mass is 294 g/mol. The van der Waals surface area contributed by atoms with Crippen molar-refractivity contribution in [3.8, 4) is 5.75 Å². The van der Waals surface area contributed by atoms with Gasteiger partial charge in [0, 0.05) is 17.6 Å². The number of ether oxygens (including phenoxy) is 1. The molecule has 0 fully saturated rings. The second kappa shape index (κ2) is 8.00. The van der Waals surface area contributed by atoms with Gasteiger partial charge in [-0.2, -0.15) is 0 Å². The van der Waals surface area contributed by atoms with E-state index < -0.39 is 6.10 Å². The molecule has 5 heteroatoms. The van der Waals surface area contributed by atoms with Gasteiger partial charge in [-0.1, -0.05) is 17.3 Å². The maximum Gasteiger partial charge on any atom is 0.144 e. The smallest absolute Gasteiger partial charge is 0.144 e. The SMILES string of the molecule is COc1ccccc1/C(C)=N/OCC(O)CNC(C)(C)C. The van der Waals surface area contributed by atoms with Gasteiger partial charge in [-0.05, 0) is 39.8 Å². The van der Waals surface area contributed by atoms with Gasteiger partial charge in [0.15, 0.2) is 0 Å². The predicted octanol–water partition coefficient (Wildman–Crippen LogP) is 2.18. The number of aliphatic hydroxyl groups excluding tert-OH is 1. The van der Waals surface area contributed by atoms with E-state index in [1.165, 1.54) is 0 Å². The minimum Gasteiger partial charge on any atom is -0.496 e. The Bertz CT molecular complexity index is 467. The van der Waals surface area contributed by atoms with Crippen molar-refractivity contribution in [1.82, 2.24) is 5.32 Å². The second-order valence-electron chi connectivity index (χ2n) is 5.96. The molecule has 0 heterocycles. The number of methoxy groups -OCH3 is 1. The zero-order valence-electron chi connectivity index (χ0n) is 13.5. The number of nitrogens with one attached hydrogen (secondary N) is 1. The van der Waals surface area contributed by atoms with Crippen molar-refractivity contribution < 1.29 is 14.7 Å². The summed E-state index contributed by atoms with van der Waals surface area (Å²) in [5.74, 6) is 0.747. The molecule has 1 rings (SSSR count). The molecule has 21 heavy (non-hydrogen) atoms. The third-order valence-electron chi connectivity index (χ3n) is 2.83. The van der Waals surface area contributed by atoms with E-state index in [1.807, 2.05) is 52.0 Å². The molecule has 0 aliphatic rings. The molecular weight excluding hydrogens is 268 g/mol. The van der Waals surface area contributed by atoms with Crippen LogP contribution in [0.4, 0.5) is 0 Å². The molecule has 5 nitrogen and oxygen atoms in total.